The zero-order valence-electron chi connectivity index (χ0n) is 11.9. The molecule has 0 amide bonds. The highest BCUT2D eigenvalue weighted by molar-refractivity contribution is 7.99. The molecule has 0 radical (unpaired) electrons. The van der Waals surface area contributed by atoms with Gasteiger partial charge in [0.1, 0.15) is 11.6 Å². The van der Waals surface area contributed by atoms with Gasteiger partial charge < -0.3 is 10.1 Å². The van der Waals surface area contributed by atoms with Gasteiger partial charge in [0.25, 0.3) is 0 Å². The van der Waals surface area contributed by atoms with E-state index >= 15 is 0 Å². The van der Waals surface area contributed by atoms with Crippen molar-refractivity contribution in [2.45, 2.75) is 10.9 Å². The molecule has 1 unspecified atom stereocenters. The highest BCUT2D eigenvalue weighted by Gasteiger charge is 2.16. The molecule has 2 aromatic rings. The quantitative estimate of drug-likeness (QED) is 0.788. The Hall–Kier alpha value is -1.23. The molecule has 0 saturated heterocycles. The minimum absolute atomic E-state index is 0.0306. The molecule has 0 aromatic heterocycles. The molecule has 1 N–H and O–H groups in total. The van der Waals surface area contributed by atoms with E-state index in [0.717, 1.165) is 21.2 Å². The smallest absolute Gasteiger partial charge is 0.123 e. The normalized spacial score (nSPS) is 12.2. The summed E-state index contributed by atoms with van der Waals surface area (Å²) in [6.07, 6.45) is 0. The third-order valence-corrected chi connectivity index (χ3v) is 4.77. The topological polar surface area (TPSA) is 21.3 Å². The molecule has 0 bridgehead atoms. The average Bonchev–Trinajstić information content (AvgIpc) is 2.50. The molecule has 21 heavy (non-hydrogen) atoms. The number of hydrogen-bond donors (Lipinski definition) is 1. The Morgan fingerprint density at radius 3 is 2.71 bits per heavy atom. The lowest BCUT2D eigenvalue weighted by Crippen LogP contribution is -2.19. The Morgan fingerprint density at radius 1 is 1.29 bits per heavy atom. The second-order valence-electron chi connectivity index (χ2n) is 4.47. The summed E-state index contributed by atoms with van der Waals surface area (Å²) >= 11 is 7.78. The van der Waals surface area contributed by atoms with Crippen molar-refractivity contribution in [3.8, 4) is 5.75 Å². The molecule has 0 heterocycles. The van der Waals surface area contributed by atoms with Crippen LogP contribution in [0.2, 0.25) is 5.02 Å². The summed E-state index contributed by atoms with van der Waals surface area (Å²) in [6.45, 7) is 0. The van der Waals surface area contributed by atoms with Gasteiger partial charge in [-0.15, -0.1) is 11.8 Å². The van der Waals surface area contributed by atoms with Crippen molar-refractivity contribution < 1.29 is 9.13 Å². The maximum absolute atomic E-state index is 13.5. The number of halogens is 2. The highest BCUT2D eigenvalue weighted by Crippen LogP contribution is 2.33. The zero-order chi connectivity index (χ0) is 15.2. The molecule has 0 saturated carbocycles. The van der Waals surface area contributed by atoms with Crippen LogP contribution < -0.4 is 10.1 Å². The number of methoxy groups -OCH3 is 1. The average molecular weight is 326 g/mol. The molecule has 112 valence electrons. The lowest BCUT2D eigenvalue weighted by atomic mass is 10.1. The standard InChI is InChI=1S/C16H17ClFNOS/c1-19-14(10-21-16-6-4-3-5-13(16)17)12-9-11(18)7-8-15(12)20-2/h3-9,14,19H,10H2,1-2H3. The molecule has 0 aliphatic carbocycles. The predicted octanol–water partition coefficient (Wildman–Crippen LogP) is 4.54. The zero-order valence-corrected chi connectivity index (χ0v) is 13.5. The summed E-state index contributed by atoms with van der Waals surface area (Å²) in [4.78, 5) is 1.01. The van der Waals surface area contributed by atoms with E-state index in [2.05, 4.69) is 5.32 Å². The SMILES string of the molecule is CNC(CSc1ccccc1Cl)c1cc(F)ccc1OC. The van der Waals surface area contributed by atoms with Gasteiger partial charge in [-0.1, -0.05) is 23.7 Å². The van der Waals surface area contributed by atoms with E-state index in [9.17, 15) is 4.39 Å². The Labute approximate surface area is 133 Å². The van der Waals surface area contributed by atoms with Crippen molar-refractivity contribution in [2.75, 3.05) is 19.9 Å². The molecular formula is C16H17ClFNOS. The van der Waals surface area contributed by atoms with Gasteiger partial charge in [0, 0.05) is 22.3 Å². The van der Waals surface area contributed by atoms with Crippen molar-refractivity contribution in [3.63, 3.8) is 0 Å². The first-order valence-corrected chi connectivity index (χ1v) is 7.90. The van der Waals surface area contributed by atoms with E-state index < -0.39 is 0 Å². The van der Waals surface area contributed by atoms with Crippen molar-refractivity contribution in [3.05, 3.63) is 58.9 Å². The maximum atomic E-state index is 13.5. The second kappa shape index (κ2) is 7.69. The van der Waals surface area contributed by atoms with Gasteiger partial charge in [-0.3, -0.25) is 0 Å². The largest absolute Gasteiger partial charge is 0.496 e. The van der Waals surface area contributed by atoms with Gasteiger partial charge in [0.15, 0.2) is 0 Å². The monoisotopic (exact) mass is 325 g/mol. The summed E-state index contributed by atoms with van der Waals surface area (Å²) in [5, 5.41) is 3.92. The molecule has 5 heteroatoms. The van der Waals surface area contributed by atoms with Crippen LogP contribution in [0, 0.1) is 5.82 Å². The third-order valence-electron chi connectivity index (χ3n) is 3.16. The fourth-order valence-corrected chi connectivity index (χ4v) is 3.41. The highest BCUT2D eigenvalue weighted by atomic mass is 35.5. The van der Waals surface area contributed by atoms with Crippen LogP contribution in [0.3, 0.4) is 0 Å². The molecule has 2 nitrogen and oxygen atoms in total. The molecule has 0 aliphatic rings. The van der Waals surface area contributed by atoms with Gasteiger partial charge in [0.05, 0.1) is 12.1 Å². The summed E-state index contributed by atoms with van der Waals surface area (Å²) in [7, 11) is 3.44. The van der Waals surface area contributed by atoms with Crippen LogP contribution in [0.15, 0.2) is 47.4 Å². The Bertz CT molecular complexity index is 609. The Morgan fingerprint density at radius 2 is 2.05 bits per heavy atom. The van der Waals surface area contributed by atoms with Gasteiger partial charge in [0.2, 0.25) is 0 Å². The van der Waals surface area contributed by atoms with Crippen LogP contribution in [-0.4, -0.2) is 19.9 Å². The van der Waals surface area contributed by atoms with Crippen LogP contribution in [0.25, 0.3) is 0 Å². The van der Waals surface area contributed by atoms with Crippen molar-refractivity contribution in [2.24, 2.45) is 0 Å². The number of ether oxygens (including phenoxy) is 1. The van der Waals surface area contributed by atoms with Crippen LogP contribution in [0.1, 0.15) is 11.6 Å². The fourth-order valence-electron chi connectivity index (χ4n) is 2.04. The summed E-state index contributed by atoms with van der Waals surface area (Å²) in [5.74, 6) is 1.13. The fraction of sp³-hybridized carbons (Fsp3) is 0.250. The van der Waals surface area contributed by atoms with Crippen LogP contribution in [0.5, 0.6) is 5.75 Å². The minimum atomic E-state index is -0.270. The Balaban J connectivity index is 2.17. The molecule has 2 rings (SSSR count). The van der Waals surface area contributed by atoms with Crippen molar-refractivity contribution in [1.29, 1.82) is 0 Å². The summed E-state index contributed by atoms with van der Waals surface area (Å²) in [5.41, 5.74) is 0.805. The molecule has 0 spiro atoms. The number of benzene rings is 2. The molecule has 0 fully saturated rings. The third kappa shape index (κ3) is 4.13. The van der Waals surface area contributed by atoms with Crippen molar-refractivity contribution in [1.82, 2.24) is 5.32 Å². The number of nitrogens with one attached hydrogen (secondary N) is 1. The van der Waals surface area contributed by atoms with Gasteiger partial charge in [-0.25, -0.2) is 4.39 Å². The van der Waals surface area contributed by atoms with E-state index in [1.807, 2.05) is 31.3 Å². The number of hydrogen-bond acceptors (Lipinski definition) is 3. The molecule has 2 aromatic carbocycles. The van der Waals surface area contributed by atoms with Gasteiger partial charge in [-0.2, -0.15) is 0 Å². The van der Waals surface area contributed by atoms with Gasteiger partial charge >= 0.3 is 0 Å². The second-order valence-corrected chi connectivity index (χ2v) is 5.94. The first-order valence-electron chi connectivity index (χ1n) is 6.53. The molecule has 0 aliphatic heterocycles. The first kappa shape index (κ1) is 16.1. The minimum Gasteiger partial charge on any atom is -0.496 e. The van der Waals surface area contributed by atoms with E-state index in [1.165, 1.54) is 12.1 Å². The number of thioether (sulfide) groups is 1. The molecule has 1 atom stereocenters. The summed E-state index contributed by atoms with van der Waals surface area (Å²) < 4.78 is 18.8. The molecular weight excluding hydrogens is 309 g/mol. The van der Waals surface area contributed by atoms with E-state index in [-0.39, 0.29) is 11.9 Å². The van der Waals surface area contributed by atoms with E-state index in [1.54, 1.807) is 24.9 Å². The lowest BCUT2D eigenvalue weighted by molar-refractivity contribution is 0.402. The van der Waals surface area contributed by atoms with Gasteiger partial charge in [-0.05, 0) is 37.4 Å². The van der Waals surface area contributed by atoms with Crippen LogP contribution >= 0.6 is 23.4 Å². The predicted molar refractivity (Wildman–Crippen MR) is 86.9 cm³/mol. The van der Waals surface area contributed by atoms with E-state index in [4.69, 9.17) is 16.3 Å². The Kier molecular flexibility index (Phi) is 5.91. The van der Waals surface area contributed by atoms with E-state index in [0.29, 0.717) is 5.75 Å². The van der Waals surface area contributed by atoms with Crippen molar-refractivity contribution >= 4 is 23.4 Å². The van der Waals surface area contributed by atoms with Crippen LogP contribution in [0.4, 0.5) is 4.39 Å². The maximum Gasteiger partial charge on any atom is 0.123 e. The number of rotatable bonds is 6. The van der Waals surface area contributed by atoms with Crippen LogP contribution in [-0.2, 0) is 0 Å². The lowest BCUT2D eigenvalue weighted by Gasteiger charge is -2.19. The summed E-state index contributed by atoms with van der Waals surface area (Å²) in [6, 6.07) is 12.2. The first-order chi connectivity index (χ1) is 10.2.